The van der Waals surface area contributed by atoms with Gasteiger partial charge in [0.15, 0.2) is 5.71 Å². The molecular formula is C46H39F4N9O6S2. The van der Waals surface area contributed by atoms with E-state index in [9.17, 15) is 37.1 Å². The average Bonchev–Trinajstić information content (AvgIpc) is 4.11. The first-order valence-corrected chi connectivity index (χ1v) is 22.1. The molecule has 0 atom stereocenters. The molecule has 1 aliphatic rings. The molecule has 15 nitrogen and oxygen atoms in total. The van der Waals surface area contributed by atoms with Gasteiger partial charge in [0, 0.05) is 76.9 Å². The van der Waals surface area contributed by atoms with Crippen LogP contribution in [0, 0.1) is 17.7 Å². The Morgan fingerprint density at radius 3 is 2.45 bits per heavy atom. The molecule has 0 radical (unpaired) electrons. The molecule has 3 heterocycles. The van der Waals surface area contributed by atoms with Crippen LogP contribution in [0.25, 0.3) is 11.3 Å². The number of nitrogens with zero attached hydrogens (tertiary/aromatic N) is 5. The van der Waals surface area contributed by atoms with Gasteiger partial charge in [0.25, 0.3) is 11.8 Å². The van der Waals surface area contributed by atoms with Crippen molar-refractivity contribution in [3.8, 4) is 28.8 Å². The number of carbonyl (C=O) groups excluding carboxylic acids is 3. The largest absolute Gasteiger partial charge is 0.489 e. The fraction of sp³-hybridized carbons (Fsp3) is 0.196. The Labute approximate surface area is 388 Å². The van der Waals surface area contributed by atoms with Crippen LogP contribution in [0.2, 0.25) is 0 Å². The summed E-state index contributed by atoms with van der Waals surface area (Å²) >= 11 is 2.58. The lowest BCUT2D eigenvalue weighted by molar-refractivity contribution is -0.140. The van der Waals surface area contributed by atoms with E-state index in [4.69, 9.17) is 9.47 Å². The Morgan fingerprint density at radius 2 is 1.70 bits per heavy atom. The Hall–Kier alpha value is -7.35. The summed E-state index contributed by atoms with van der Waals surface area (Å²) in [6, 6.07) is 23.5. The summed E-state index contributed by atoms with van der Waals surface area (Å²) in [5.41, 5.74) is 5.50. The van der Waals surface area contributed by atoms with E-state index in [0.717, 1.165) is 11.6 Å². The molecule has 21 heteroatoms. The van der Waals surface area contributed by atoms with Gasteiger partial charge < -0.3 is 30.5 Å². The van der Waals surface area contributed by atoms with Crippen molar-refractivity contribution in [1.82, 2.24) is 25.9 Å². The number of aromatic nitrogens is 2. The van der Waals surface area contributed by atoms with Crippen molar-refractivity contribution in [3.63, 3.8) is 0 Å². The van der Waals surface area contributed by atoms with Crippen molar-refractivity contribution in [2.75, 3.05) is 49.9 Å². The normalized spacial score (nSPS) is 13.0. The highest BCUT2D eigenvalue weighted by atomic mass is 32.1. The summed E-state index contributed by atoms with van der Waals surface area (Å²) in [5.74, 6) is 2.85. The van der Waals surface area contributed by atoms with Gasteiger partial charge >= 0.3 is 12.1 Å². The third kappa shape index (κ3) is 12.9. The van der Waals surface area contributed by atoms with E-state index in [1.807, 2.05) is 30.3 Å². The van der Waals surface area contributed by atoms with Crippen LogP contribution in [0.1, 0.15) is 38.2 Å². The summed E-state index contributed by atoms with van der Waals surface area (Å²) in [6.07, 6.45) is -3.23. The van der Waals surface area contributed by atoms with Crippen LogP contribution < -0.4 is 31.1 Å². The zero-order valence-corrected chi connectivity index (χ0v) is 36.7. The fourth-order valence-electron chi connectivity index (χ4n) is 6.21. The lowest BCUT2D eigenvalue weighted by atomic mass is 10.1. The third-order valence-corrected chi connectivity index (χ3v) is 11.0. The summed E-state index contributed by atoms with van der Waals surface area (Å²) < 4.78 is 64.5. The Kier molecular flexibility index (Phi) is 16.1. The summed E-state index contributed by atoms with van der Waals surface area (Å²) in [7, 11) is 0. The predicted octanol–water partition coefficient (Wildman–Crippen LogP) is 6.22. The molecule has 2 aromatic heterocycles. The number of ether oxygens (including phenoxy) is 2. The molecule has 0 aliphatic carbocycles. The van der Waals surface area contributed by atoms with Crippen molar-refractivity contribution >= 4 is 62.1 Å². The van der Waals surface area contributed by atoms with Crippen molar-refractivity contribution in [2.45, 2.75) is 19.3 Å². The van der Waals surface area contributed by atoms with Gasteiger partial charge in [-0.25, -0.2) is 14.4 Å². The predicted molar refractivity (Wildman–Crippen MR) is 245 cm³/mol. The highest BCUT2D eigenvalue weighted by molar-refractivity contribution is 7.14. The second kappa shape index (κ2) is 22.7. The maximum atomic E-state index is 13.7. The van der Waals surface area contributed by atoms with Gasteiger partial charge in [-0.15, -0.1) is 22.7 Å². The second-order valence-corrected chi connectivity index (χ2v) is 15.9. The van der Waals surface area contributed by atoms with Gasteiger partial charge in [-0.3, -0.25) is 19.8 Å². The second-order valence-electron chi connectivity index (χ2n) is 14.1. The van der Waals surface area contributed by atoms with Crippen LogP contribution in [0.4, 0.5) is 27.8 Å². The molecule has 6 aromatic rings. The number of carbonyl (C=O) groups is 3. The van der Waals surface area contributed by atoms with E-state index >= 15 is 0 Å². The fourth-order valence-corrected chi connectivity index (χ4v) is 7.46. The van der Waals surface area contributed by atoms with Gasteiger partial charge in [0.05, 0.1) is 31.1 Å². The Bertz CT molecular complexity index is 2810. The average molecular weight is 954 g/mol. The molecule has 5 N–H and O–H groups in total. The number of alkyl halides is 3. The standard InChI is InChI=1S/C46H39F4N9O6S2/c47-36-13-6-30(25-35(36)46(48,49)50)27-65-38-14-7-29(24-34(38)26-51-16-20-60)8-15-39(61)52-17-21-64-22-18-53-42(62)33-11-9-31(10-12-33)37-28-67-45(55-37)59-43(63)41(56-57-44-54-19-23-66-44)40(58-59)32-4-2-1-3-5-32/h1-7,9-14,19,23-25,28,51,60H,16-18,20-22,26-27H2,(H,52,61)(H,53,62)(H,54,57)/b56-41+. The van der Waals surface area contributed by atoms with Crippen LogP contribution >= 0.6 is 22.7 Å². The zero-order chi connectivity index (χ0) is 47.2. The van der Waals surface area contributed by atoms with E-state index < -0.39 is 29.4 Å². The smallest absolute Gasteiger partial charge is 0.419 e. The molecule has 0 saturated heterocycles. The molecule has 344 valence electrons. The number of aliphatic hydroxyl groups excluding tert-OH is 1. The van der Waals surface area contributed by atoms with Crippen molar-refractivity contribution < 1.29 is 46.5 Å². The topological polar surface area (TPSA) is 192 Å². The number of nitrogens with one attached hydrogen (secondary N) is 4. The molecule has 7 rings (SSSR count). The minimum Gasteiger partial charge on any atom is -0.489 e. The number of thiazole rings is 2. The monoisotopic (exact) mass is 953 g/mol. The van der Waals surface area contributed by atoms with Gasteiger partial charge in [-0.2, -0.15) is 28.4 Å². The summed E-state index contributed by atoms with van der Waals surface area (Å²) in [6.45, 7) is 0.755. The molecule has 4 aromatic carbocycles. The SMILES string of the molecule is O=C(C#Cc1ccc(OCc2ccc(F)c(C(F)(F)F)c2)c(CNCCO)c1)NCCOCCNC(=O)c1ccc(-c2csc(N3N=C(c4ccccc4)/C(=N\Nc4nccs4)C3=O)n2)cc1. The van der Waals surface area contributed by atoms with Crippen LogP contribution in [0.15, 0.2) is 118 Å². The van der Waals surface area contributed by atoms with Crippen LogP contribution in [-0.2, 0) is 33.7 Å². The number of hydrogen-bond donors (Lipinski definition) is 5. The minimum absolute atomic E-state index is 0.111. The Morgan fingerprint density at radius 1 is 0.910 bits per heavy atom. The number of anilines is 2. The Balaban J connectivity index is 0.842. The van der Waals surface area contributed by atoms with Crippen molar-refractivity contribution in [2.24, 2.45) is 10.2 Å². The lowest BCUT2D eigenvalue weighted by Gasteiger charge is -2.14. The van der Waals surface area contributed by atoms with Gasteiger partial charge in [-0.1, -0.05) is 54.5 Å². The van der Waals surface area contributed by atoms with E-state index in [0.29, 0.717) is 55.7 Å². The van der Waals surface area contributed by atoms with E-state index in [-0.39, 0.29) is 69.8 Å². The maximum absolute atomic E-state index is 13.7. The molecule has 0 bridgehead atoms. The first kappa shape index (κ1) is 47.6. The van der Waals surface area contributed by atoms with Gasteiger partial charge in [0.1, 0.15) is 23.9 Å². The molecule has 0 spiro atoms. The number of halogens is 4. The summed E-state index contributed by atoms with van der Waals surface area (Å²) in [5, 5.41) is 32.2. The van der Waals surface area contributed by atoms with E-state index in [1.54, 1.807) is 59.4 Å². The lowest BCUT2D eigenvalue weighted by Crippen LogP contribution is -2.29. The molecule has 0 unspecified atom stereocenters. The quantitative estimate of drug-likeness (QED) is 0.0270. The highest BCUT2D eigenvalue weighted by Crippen LogP contribution is 2.33. The molecular weight excluding hydrogens is 915 g/mol. The van der Waals surface area contributed by atoms with Crippen LogP contribution in [-0.4, -0.2) is 83.7 Å². The van der Waals surface area contributed by atoms with Crippen molar-refractivity contribution in [3.05, 3.63) is 147 Å². The van der Waals surface area contributed by atoms with Crippen LogP contribution in [0.5, 0.6) is 5.75 Å². The maximum Gasteiger partial charge on any atom is 0.419 e. The molecule has 67 heavy (non-hydrogen) atoms. The number of hydrogen-bond acceptors (Lipinski definition) is 14. The molecule has 0 saturated carbocycles. The van der Waals surface area contributed by atoms with Crippen LogP contribution in [0.3, 0.4) is 0 Å². The minimum atomic E-state index is -4.86. The molecule has 1 aliphatic heterocycles. The van der Waals surface area contributed by atoms with E-state index in [1.165, 1.54) is 33.7 Å². The van der Waals surface area contributed by atoms with Gasteiger partial charge in [-0.05, 0) is 48.0 Å². The van der Waals surface area contributed by atoms with Gasteiger partial charge in [0.2, 0.25) is 10.3 Å². The molecule has 0 fully saturated rings. The molecule has 3 amide bonds. The summed E-state index contributed by atoms with van der Waals surface area (Å²) in [4.78, 5) is 47.6. The first-order chi connectivity index (χ1) is 32.5. The number of amides is 3. The number of benzene rings is 4. The van der Waals surface area contributed by atoms with Crippen molar-refractivity contribution in [1.29, 1.82) is 0 Å². The zero-order valence-electron chi connectivity index (χ0n) is 35.1. The number of aliphatic hydroxyl groups is 1. The number of rotatable bonds is 19. The highest BCUT2D eigenvalue weighted by Gasteiger charge is 2.36. The van der Waals surface area contributed by atoms with E-state index in [2.05, 4.69) is 53.4 Å². The first-order valence-electron chi connectivity index (χ1n) is 20.3. The number of hydrazone groups is 2. The third-order valence-electron chi connectivity index (χ3n) is 9.46.